The number of halogens is 1. The molecule has 0 bridgehead atoms. The van der Waals surface area contributed by atoms with E-state index in [-0.39, 0.29) is 17.1 Å². The van der Waals surface area contributed by atoms with Crippen LogP contribution >= 0.6 is 22.6 Å². The first-order valence-electron chi connectivity index (χ1n) is 4.16. The van der Waals surface area contributed by atoms with Gasteiger partial charge in [-0.3, -0.25) is 4.79 Å². The Balaban J connectivity index is 2.84. The molecule has 0 aliphatic heterocycles. The fourth-order valence-corrected chi connectivity index (χ4v) is 1.74. The molecule has 2 aromatic rings. The molecular weight excluding hydrogens is 307 g/mol. The number of aliphatic hydroxyl groups excluding tert-OH is 1. The third-order valence-electron chi connectivity index (χ3n) is 1.94. The summed E-state index contributed by atoms with van der Waals surface area (Å²) >= 11 is 2.12. The normalized spacial score (nSPS) is 10.5. The number of hydrogen-bond donors (Lipinski definition) is 2. The topological polar surface area (TPSA) is 66.0 Å². The van der Waals surface area contributed by atoms with E-state index in [0.717, 1.165) is 3.57 Å². The van der Waals surface area contributed by atoms with Gasteiger partial charge >= 0.3 is 0 Å². The quantitative estimate of drug-likeness (QED) is 0.625. The zero-order chi connectivity index (χ0) is 11.0. The van der Waals surface area contributed by atoms with Gasteiger partial charge in [0, 0.05) is 3.57 Å². The number of hydrogen-bond acceptors (Lipinski definition) is 3. The van der Waals surface area contributed by atoms with Gasteiger partial charge in [0.25, 0.3) is 5.56 Å². The molecule has 0 aliphatic carbocycles. The number of aromatic amines is 1. The second-order valence-electron chi connectivity index (χ2n) is 3.02. The van der Waals surface area contributed by atoms with Gasteiger partial charge in [-0.1, -0.05) is 6.58 Å². The maximum absolute atomic E-state index is 11.6. The molecule has 0 unspecified atom stereocenters. The van der Waals surface area contributed by atoms with E-state index in [0.29, 0.717) is 10.9 Å². The number of rotatable bonds is 1. The Hall–Kier alpha value is -1.37. The van der Waals surface area contributed by atoms with Crippen LogP contribution in [0, 0.1) is 3.57 Å². The lowest BCUT2D eigenvalue weighted by atomic mass is 10.2. The molecule has 76 valence electrons. The molecule has 1 aromatic heterocycles. The van der Waals surface area contributed by atoms with Crippen LogP contribution in [0.25, 0.3) is 16.7 Å². The van der Waals surface area contributed by atoms with Crippen LogP contribution in [0.3, 0.4) is 0 Å². The second-order valence-corrected chi connectivity index (χ2v) is 4.27. The number of nitrogens with zero attached hydrogens (tertiary/aromatic N) is 1. The van der Waals surface area contributed by atoms with E-state index in [2.05, 4.69) is 39.1 Å². The molecule has 0 aliphatic rings. The number of benzene rings is 1. The highest BCUT2D eigenvalue weighted by atomic mass is 127. The van der Waals surface area contributed by atoms with E-state index in [1.165, 1.54) is 0 Å². The fourth-order valence-electron chi connectivity index (χ4n) is 1.25. The number of H-pyrrole nitrogens is 1. The van der Waals surface area contributed by atoms with E-state index in [4.69, 9.17) is 5.11 Å². The SMILES string of the molecule is C=C(O)c1nc2ccc(I)cc2c(=O)[nH]1. The predicted molar refractivity (Wildman–Crippen MR) is 66.7 cm³/mol. The highest BCUT2D eigenvalue weighted by Crippen LogP contribution is 2.13. The summed E-state index contributed by atoms with van der Waals surface area (Å²) in [5.41, 5.74) is 0.271. The van der Waals surface area contributed by atoms with Gasteiger partial charge in [-0.25, -0.2) is 4.98 Å². The fraction of sp³-hybridized carbons (Fsp3) is 0. The van der Waals surface area contributed by atoms with Crippen molar-refractivity contribution in [3.63, 3.8) is 0 Å². The van der Waals surface area contributed by atoms with Gasteiger partial charge in [0.2, 0.25) is 0 Å². The van der Waals surface area contributed by atoms with Gasteiger partial charge < -0.3 is 10.1 Å². The van der Waals surface area contributed by atoms with Crippen LogP contribution in [0.2, 0.25) is 0 Å². The van der Waals surface area contributed by atoms with E-state index >= 15 is 0 Å². The molecule has 0 amide bonds. The molecule has 0 fully saturated rings. The molecule has 2 N–H and O–H groups in total. The minimum Gasteiger partial charge on any atom is -0.505 e. The first kappa shape index (κ1) is 10.2. The van der Waals surface area contributed by atoms with Crippen molar-refractivity contribution in [2.24, 2.45) is 0 Å². The lowest BCUT2D eigenvalue weighted by Gasteiger charge is -2.01. The van der Waals surface area contributed by atoms with Gasteiger partial charge in [-0.2, -0.15) is 0 Å². The molecule has 0 radical (unpaired) electrons. The van der Waals surface area contributed by atoms with Crippen LogP contribution in [0.4, 0.5) is 0 Å². The monoisotopic (exact) mass is 314 g/mol. The summed E-state index contributed by atoms with van der Waals surface area (Å²) in [5.74, 6) is -0.138. The molecule has 1 aromatic carbocycles. The van der Waals surface area contributed by atoms with Crippen LogP contribution in [-0.4, -0.2) is 15.1 Å². The van der Waals surface area contributed by atoms with Crippen LogP contribution in [0.1, 0.15) is 5.82 Å². The summed E-state index contributed by atoms with van der Waals surface area (Å²) < 4.78 is 0.961. The predicted octanol–water partition coefficient (Wildman–Crippen LogP) is 2.06. The number of fused-ring (bicyclic) bond motifs is 1. The third kappa shape index (κ3) is 1.87. The highest BCUT2D eigenvalue weighted by Gasteiger charge is 2.05. The first-order chi connectivity index (χ1) is 7.08. The van der Waals surface area contributed by atoms with Crippen molar-refractivity contribution in [3.8, 4) is 0 Å². The first-order valence-corrected chi connectivity index (χ1v) is 5.23. The van der Waals surface area contributed by atoms with Gasteiger partial charge in [-0.05, 0) is 40.8 Å². The smallest absolute Gasteiger partial charge is 0.259 e. The Morgan fingerprint density at radius 2 is 2.27 bits per heavy atom. The van der Waals surface area contributed by atoms with Gasteiger partial charge in [-0.15, -0.1) is 0 Å². The minimum absolute atomic E-state index is 0.105. The number of aliphatic hydroxyl groups is 1. The standard InChI is InChI=1S/C10H7IN2O2/c1-5(14)9-12-8-3-2-6(11)4-7(8)10(15)13-9/h2-4,14H,1H2,(H,12,13,15). The second kappa shape index (κ2) is 3.65. The third-order valence-corrected chi connectivity index (χ3v) is 2.61. The Kier molecular flexibility index (Phi) is 2.47. The van der Waals surface area contributed by atoms with E-state index < -0.39 is 0 Å². The molecule has 4 nitrogen and oxygen atoms in total. The Labute approximate surface area is 98.8 Å². The highest BCUT2D eigenvalue weighted by molar-refractivity contribution is 14.1. The summed E-state index contributed by atoms with van der Waals surface area (Å²) in [6.07, 6.45) is 0. The van der Waals surface area contributed by atoms with Crippen molar-refractivity contribution in [2.75, 3.05) is 0 Å². The van der Waals surface area contributed by atoms with Crippen molar-refractivity contribution in [3.05, 3.63) is 44.5 Å². The maximum Gasteiger partial charge on any atom is 0.259 e. The van der Waals surface area contributed by atoms with Crippen molar-refractivity contribution < 1.29 is 5.11 Å². The summed E-state index contributed by atoms with van der Waals surface area (Å²) in [6.45, 7) is 3.31. The van der Waals surface area contributed by atoms with Crippen molar-refractivity contribution in [2.45, 2.75) is 0 Å². The molecule has 1 heterocycles. The molecule has 0 atom stereocenters. The summed E-state index contributed by atoms with van der Waals surface area (Å²) in [5, 5.41) is 9.64. The Bertz CT molecular complexity index is 604. The van der Waals surface area contributed by atoms with Gasteiger partial charge in [0.05, 0.1) is 10.9 Å². The van der Waals surface area contributed by atoms with Crippen molar-refractivity contribution >= 4 is 39.3 Å². The zero-order valence-corrected chi connectivity index (χ0v) is 9.78. The van der Waals surface area contributed by atoms with Gasteiger partial charge in [0.15, 0.2) is 11.6 Å². The largest absolute Gasteiger partial charge is 0.505 e. The maximum atomic E-state index is 11.6. The van der Waals surface area contributed by atoms with Crippen LogP contribution in [0.15, 0.2) is 29.6 Å². The molecule has 0 spiro atoms. The minimum atomic E-state index is -0.274. The Morgan fingerprint density at radius 3 is 2.93 bits per heavy atom. The van der Waals surface area contributed by atoms with Crippen LogP contribution in [0.5, 0.6) is 0 Å². The van der Waals surface area contributed by atoms with Crippen molar-refractivity contribution in [1.29, 1.82) is 0 Å². The molecule has 5 heteroatoms. The molecule has 15 heavy (non-hydrogen) atoms. The summed E-state index contributed by atoms with van der Waals surface area (Å²) in [4.78, 5) is 18.1. The van der Waals surface area contributed by atoms with Crippen molar-refractivity contribution in [1.82, 2.24) is 9.97 Å². The summed E-state index contributed by atoms with van der Waals surface area (Å²) in [6, 6.07) is 5.32. The Morgan fingerprint density at radius 1 is 1.53 bits per heavy atom. The molecule has 2 rings (SSSR count). The van der Waals surface area contributed by atoms with E-state index in [1.54, 1.807) is 12.1 Å². The lowest BCUT2D eigenvalue weighted by Crippen LogP contribution is -2.11. The molecule has 0 saturated carbocycles. The van der Waals surface area contributed by atoms with Crippen LogP contribution in [-0.2, 0) is 0 Å². The molecule has 0 saturated heterocycles. The average molecular weight is 314 g/mol. The lowest BCUT2D eigenvalue weighted by molar-refractivity contribution is 0.507. The van der Waals surface area contributed by atoms with Gasteiger partial charge in [0.1, 0.15) is 0 Å². The molecular formula is C10H7IN2O2. The van der Waals surface area contributed by atoms with Crippen LogP contribution < -0.4 is 5.56 Å². The number of aromatic nitrogens is 2. The van der Waals surface area contributed by atoms with E-state index in [9.17, 15) is 4.79 Å². The van der Waals surface area contributed by atoms with E-state index in [1.807, 2.05) is 6.07 Å². The average Bonchev–Trinajstić information content (AvgIpc) is 2.18. The number of nitrogens with one attached hydrogen (secondary N) is 1. The zero-order valence-electron chi connectivity index (χ0n) is 7.62. The summed E-state index contributed by atoms with van der Waals surface area (Å²) in [7, 11) is 0.